The first kappa shape index (κ1) is 19.5. The van der Waals surface area contributed by atoms with Crippen molar-refractivity contribution in [1.29, 1.82) is 0 Å². The van der Waals surface area contributed by atoms with Crippen LogP contribution in [-0.2, 0) is 27.5 Å². The average Bonchev–Trinajstić information content (AvgIpc) is 2.71. The number of aliphatic hydroxyl groups is 1. The molecule has 5 nitrogen and oxygen atoms in total. The number of carbonyl (C=O) groups excluding carboxylic acids is 1. The highest BCUT2D eigenvalue weighted by molar-refractivity contribution is 5.91. The number of benzene rings is 1. The second kappa shape index (κ2) is 9.10. The van der Waals surface area contributed by atoms with Gasteiger partial charge in [0.05, 0.1) is 13.2 Å². The van der Waals surface area contributed by atoms with Gasteiger partial charge in [-0.1, -0.05) is 30.7 Å². The third kappa shape index (κ3) is 4.58. The molecule has 1 aliphatic carbocycles. The average molecular weight is 386 g/mol. The molecule has 1 N–H and O–H groups in total. The summed E-state index contributed by atoms with van der Waals surface area (Å²) in [6, 6.07) is 7.74. The SMILES string of the molecule is O=C(C1=C[C@H](C2CCC2)C[C@H](OCc2ccc(CO)cc2)O1)N1CCCCC1. The van der Waals surface area contributed by atoms with E-state index < -0.39 is 0 Å². The van der Waals surface area contributed by atoms with Crippen LogP contribution in [0.3, 0.4) is 0 Å². The lowest BCUT2D eigenvalue weighted by molar-refractivity contribution is -0.161. The number of rotatable bonds is 6. The van der Waals surface area contributed by atoms with E-state index in [-0.39, 0.29) is 18.8 Å². The normalized spacial score (nSPS) is 25.6. The zero-order chi connectivity index (χ0) is 19.3. The number of hydrogen-bond donors (Lipinski definition) is 1. The lowest BCUT2D eigenvalue weighted by Gasteiger charge is -2.38. The number of amides is 1. The van der Waals surface area contributed by atoms with Crippen molar-refractivity contribution in [2.75, 3.05) is 13.1 Å². The van der Waals surface area contributed by atoms with Gasteiger partial charge >= 0.3 is 0 Å². The van der Waals surface area contributed by atoms with Crippen molar-refractivity contribution >= 4 is 5.91 Å². The van der Waals surface area contributed by atoms with E-state index >= 15 is 0 Å². The van der Waals surface area contributed by atoms with Crippen molar-refractivity contribution in [3.63, 3.8) is 0 Å². The van der Waals surface area contributed by atoms with Crippen molar-refractivity contribution < 1.29 is 19.4 Å². The van der Waals surface area contributed by atoms with E-state index in [4.69, 9.17) is 14.6 Å². The number of nitrogens with zero attached hydrogens (tertiary/aromatic N) is 1. The van der Waals surface area contributed by atoms with E-state index in [2.05, 4.69) is 6.08 Å². The Kier molecular flexibility index (Phi) is 6.33. The zero-order valence-electron chi connectivity index (χ0n) is 16.5. The zero-order valence-corrected chi connectivity index (χ0v) is 16.5. The largest absolute Gasteiger partial charge is 0.459 e. The molecule has 1 saturated carbocycles. The van der Waals surface area contributed by atoms with Gasteiger partial charge in [0.15, 0.2) is 5.76 Å². The van der Waals surface area contributed by atoms with Gasteiger partial charge in [-0.3, -0.25) is 4.79 Å². The Morgan fingerprint density at radius 3 is 2.43 bits per heavy atom. The Balaban J connectivity index is 1.41. The summed E-state index contributed by atoms with van der Waals surface area (Å²) in [6.07, 6.45) is 9.64. The number of ether oxygens (including phenoxy) is 2. The fourth-order valence-electron chi connectivity index (χ4n) is 4.32. The molecule has 5 heteroatoms. The van der Waals surface area contributed by atoms with Gasteiger partial charge in [-0.25, -0.2) is 0 Å². The van der Waals surface area contributed by atoms with Crippen LogP contribution in [0, 0.1) is 11.8 Å². The molecule has 2 heterocycles. The van der Waals surface area contributed by atoms with Crippen LogP contribution in [0.2, 0.25) is 0 Å². The number of carbonyl (C=O) groups is 1. The minimum atomic E-state index is -0.378. The molecule has 3 aliphatic rings. The summed E-state index contributed by atoms with van der Waals surface area (Å²) in [7, 11) is 0. The predicted octanol–water partition coefficient (Wildman–Crippen LogP) is 3.75. The summed E-state index contributed by atoms with van der Waals surface area (Å²) >= 11 is 0. The summed E-state index contributed by atoms with van der Waals surface area (Å²) in [5, 5.41) is 9.17. The van der Waals surface area contributed by atoms with E-state index in [9.17, 15) is 4.79 Å². The molecular formula is C23H31NO4. The maximum absolute atomic E-state index is 13.0. The third-order valence-electron chi connectivity index (χ3n) is 6.34. The Morgan fingerprint density at radius 2 is 1.79 bits per heavy atom. The van der Waals surface area contributed by atoms with Crippen molar-refractivity contribution in [1.82, 2.24) is 4.90 Å². The molecule has 1 amide bonds. The molecule has 28 heavy (non-hydrogen) atoms. The Bertz CT molecular complexity index is 689. The molecule has 2 fully saturated rings. The molecule has 1 aromatic carbocycles. The highest BCUT2D eigenvalue weighted by Crippen LogP contribution is 2.40. The fourth-order valence-corrected chi connectivity index (χ4v) is 4.32. The summed E-state index contributed by atoms with van der Waals surface area (Å²) < 4.78 is 12.1. The first-order valence-electron chi connectivity index (χ1n) is 10.7. The van der Waals surface area contributed by atoms with Gasteiger partial charge in [0.1, 0.15) is 0 Å². The summed E-state index contributed by atoms with van der Waals surface area (Å²) in [5.41, 5.74) is 1.93. The molecule has 4 rings (SSSR count). The number of aliphatic hydroxyl groups excluding tert-OH is 1. The van der Waals surface area contributed by atoms with Crippen LogP contribution >= 0.6 is 0 Å². The van der Waals surface area contributed by atoms with E-state index in [0.29, 0.717) is 24.2 Å². The number of allylic oxidation sites excluding steroid dienone is 1. The van der Waals surface area contributed by atoms with Crippen LogP contribution in [0.1, 0.15) is 56.1 Å². The van der Waals surface area contributed by atoms with Gasteiger partial charge in [0.25, 0.3) is 5.91 Å². The molecule has 0 spiro atoms. The van der Waals surface area contributed by atoms with Gasteiger partial charge in [-0.15, -0.1) is 0 Å². The van der Waals surface area contributed by atoms with Crippen molar-refractivity contribution in [3.8, 4) is 0 Å². The minimum absolute atomic E-state index is 0.0321. The second-order valence-corrected chi connectivity index (χ2v) is 8.31. The molecule has 152 valence electrons. The number of likely N-dealkylation sites (tertiary alicyclic amines) is 1. The van der Waals surface area contributed by atoms with Gasteiger partial charge in [0, 0.05) is 19.5 Å². The molecule has 1 saturated heterocycles. The van der Waals surface area contributed by atoms with Crippen LogP contribution in [0.5, 0.6) is 0 Å². The summed E-state index contributed by atoms with van der Waals surface area (Å²) in [6.45, 7) is 2.15. The topological polar surface area (TPSA) is 59.0 Å². The molecule has 0 aromatic heterocycles. The van der Waals surface area contributed by atoms with E-state index in [1.807, 2.05) is 29.2 Å². The van der Waals surface area contributed by atoms with Crippen molar-refractivity contribution in [2.24, 2.45) is 11.8 Å². The van der Waals surface area contributed by atoms with Gasteiger partial charge in [-0.05, 0) is 61.1 Å². The number of hydrogen-bond acceptors (Lipinski definition) is 4. The van der Waals surface area contributed by atoms with Crippen LogP contribution in [0.25, 0.3) is 0 Å². The molecular weight excluding hydrogens is 354 g/mol. The van der Waals surface area contributed by atoms with Gasteiger partial charge < -0.3 is 19.5 Å². The van der Waals surface area contributed by atoms with Crippen LogP contribution in [0.15, 0.2) is 36.1 Å². The minimum Gasteiger partial charge on any atom is -0.459 e. The molecule has 1 aromatic rings. The smallest absolute Gasteiger partial charge is 0.288 e. The van der Waals surface area contributed by atoms with Gasteiger partial charge in [0.2, 0.25) is 6.29 Å². The Morgan fingerprint density at radius 1 is 1.07 bits per heavy atom. The Hall–Kier alpha value is -1.85. The van der Waals surface area contributed by atoms with Gasteiger partial charge in [-0.2, -0.15) is 0 Å². The highest BCUT2D eigenvalue weighted by Gasteiger charge is 2.36. The van der Waals surface area contributed by atoms with Crippen LogP contribution in [0.4, 0.5) is 0 Å². The quantitative estimate of drug-likeness (QED) is 0.810. The molecule has 0 unspecified atom stereocenters. The van der Waals surface area contributed by atoms with Crippen molar-refractivity contribution in [3.05, 3.63) is 47.2 Å². The number of piperidine rings is 1. The maximum atomic E-state index is 13.0. The molecule has 0 bridgehead atoms. The second-order valence-electron chi connectivity index (χ2n) is 8.31. The summed E-state index contributed by atoms with van der Waals surface area (Å²) in [4.78, 5) is 14.9. The van der Waals surface area contributed by atoms with E-state index in [0.717, 1.165) is 43.5 Å². The molecule has 0 radical (unpaired) electrons. The fraction of sp³-hybridized carbons (Fsp3) is 0.609. The van der Waals surface area contributed by atoms with E-state index in [1.54, 1.807) is 0 Å². The van der Waals surface area contributed by atoms with Crippen LogP contribution < -0.4 is 0 Å². The van der Waals surface area contributed by atoms with Crippen LogP contribution in [-0.4, -0.2) is 35.3 Å². The van der Waals surface area contributed by atoms with Crippen molar-refractivity contribution in [2.45, 2.75) is 64.4 Å². The highest BCUT2D eigenvalue weighted by atomic mass is 16.7. The maximum Gasteiger partial charge on any atom is 0.288 e. The lowest BCUT2D eigenvalue weighted by atomic mass is 9.73. The standard InChI is InChI=1S/C23H31NO4/c25-15-17-7-9-18(10-8-17)16-27-22-14-20(19-5-4-6-19)13-21(28-22)23(26)24-11-2-1-3-12-24/h7-10,13,19-20,22,25H,1-6,11-12,14-16H2/t20-,22+/m0/s1. The first-order chi connectivity index (χ1) is 13.7. The third-order valence-corrected chi connectivity index (χ3v) is 6.34. The van der Waals surface area contributed by atoms with E-state index in [1.165, 1.54) is 25.7 Å². The Labute approximate surface area is 167 Å². The predicted molar refractivity (Wildman–Crippen MR) is 106 cm³/mol. The summed E-state index contributed by atoms with van der Waals surface area (Å²) in [5.74, 6) is 1.55. The molecule has 2 aliphatic heterocycles. The lowest BCUT2D eigenvalue weighted by Crippen LogP contribution is -2.40. The molecule has 2 atom stereocenters. The monoisotopic (exact) mass is 385 g/mol. The first-order valence-corrected chi connectivity index (χ1v) is 10.7.